The van der Waals surface area contributed by atoms with Crippen molar-refractivity contribution in [3.63, 3.8) is 0 Å². The zero-order valence-corrected chi connectivity index (χ0v) is 51.0. The minimum atomic E-state index is -0.792. The molecule has 444 valence electrons. The molecule has 6 heteroatoms. The van der Waals surface area contributed by atoms with E-state index in [0.717, 1.165) is 96.3 Å². The van der Waals surface area contributed by atoms with E-state index in [1.165, 1.54) is 193 Å². The Labute approximate surface area is 477 Å². The number of carbonyl (C=O) groups is 3. The van der Waals surface area contributed by atoms with Gasteiger partial charge in [-0.05, 0) is 116 Å². The second-order valence-corrected chi connectivity index (χ2v) is 22.0. The van der Waals surface area contributed by atoms with E-state index in [1.807, 2.05) is 0 Å². The topological polar surface area (TPSA) is 78.9 Å². The van der Waals surface area contributed by atoms with E-state index in [4.69, 9.17) is 14.2 Å². The van der Waals surface area contributed by atoms with Gasteiger partial charge in [0.2, 0.25) is 0 Å². The van der Waals surface area contributed by atoms with Gasteiger partial charge in [-0.2, -0.15) is 0 Å². The predicted molar refractivity (Wildman–Crippen MR) is 334 cm³/mol. The van der Waals surface area contributed by atoms with Gasteiger partial charge in [-0.15, -0.1) is 0 Å². The first kappa shape index (κ1) is 73.6. The highest BCUT2D eigenvalue weighted by atomic mass is 16.6. The van der Waals surface area contributed by atoms with Gasteiger partial charge in [-0.3, -0.25) is 14.4 Å². The number of carbonyl (C=O) groups excluding carboxylic acids is 3. The van der Waals surface area contributed by atoms with Gasteiger partial charge in [-0.1, -0.05) is 279 Å². The number of esters is 3. The molecule has 1 atom stereocenters. The van der Waals surface area contributed by atoms with Crippen molar-refractivity contribution in [3.8, 4) is 0 Å². The molecule has 0 aromatic heterocycles. The van der Waals surface area contributed by atoms with Crippen LogP contribution in [0.4, 0.5) is 0 Å². The van der Waals surface area contributed by atoms with Crippen molar-refractivity contribution in [2.45, 2.75) is 335 Å². The molecule has 0 saturated carbocycles. The van der Waals surface area contributed by atoms with Crippen LogP contribution in [-0.4, -0.2) is 37.2 Å². The maximum atomic E-state index is 12.9. The molecule has 0 aromatic carbocycles. The Hall–Kier alpha value is -3.41. The van der Waals surface area contributed by atoms with Crippen LogP contribution in [0.1, 0.15) is 329 Å². The summed E-state index contributed by atoms with van der Waals surface area (Å²) in [5.41, 5.74) is 0. The molecule has 0 heterocycles. The highest BCUT2D eigenvalue weighted by Gasteiger charge is 2.19. The van der Waals surface area contributed by atoms with Gasteiger partial charge in [0.25, 0.3) is 0 Å². The van der Waals surface area contributed by atoms with Crippen molar-refractivity contribution >= 4 is 17.9 Å². The molecular formula is C71H124O6. The maximum absolute atomic E-state index is 12.9. The molecule has 77 heavy (non-hydrogen) atoms. The van der Waals surface area contributed by atoms with Crippen LogP contribution in [0.2, 0.25) is 0 Å². The lowest BCUT2D eigenvalue weighted by atomic mass is 10.0. The van der Waals surface area contributed by atoms with Gasteiger partial charge in [0.15, 0.2) is 6.10 Å². The molecule has 0 aliphatic carbocycles. The Bertz CT molecular complexity index is 1470. The molecule has 0 bridgehead atoms. The molecule has 0 aliphatic heterocycles. The van der Waals surface area contributed by atoms with Crippen LogP contribution in [-0.2, 0) is 28.6 Å². The van der Waals surface area contributed by atoms with Crippen LogP contribution in [0, 0.1) is 0 Å². The Kier molecular flexibility index (Phi) is 62.2. The van der Waals surface area contributed by atoms with Gasteiger partial charge in [0.05, 0.1) is 0 Å². The lowest BCUT2D eigenvalue weighted by Gasteiger charge is -2.18. The Morgan fingerprint density at radius 2 is 0.506 bits per heavy atom. The van der Waals surface area contributed by atoms with Gasteiger partial charge in [0, 0.05) is 19.3 Å². The van der Waals surface area contributed by atoms with Gasteiger partial charge in [0.1, 0.15) is 13.2 Å². The van der Waals surface area contributed by atoms with Gasteiger partial charge in [-0.25, -0.2) is 0 Å². The molecule has 0 aliphatic rings. The number of hydrogen-bond acceptors (Lipinski definition) is 6. The Morgan fingerprint density at radius 1 is 0.273 bits per heavy atom. The molecule has 0 aromatic rings. The van der Waals surface area contributed by atoms with Gasteiger partial charge >= 0.3 is 17.9 Å². The molecule has 1 unspecified atom stereocenters. The summed E-state index contributed by atoms with van der Waals surface area (Å²) in [5.74, 6) is -0.908. The summed E-state index contributed by atoms with van der Waals surface area (Å²) in [6.07, 6.45) is 86.0. The fourth-order valence-corrected chi connectivity index (χ4v) is 9.40. The second kappa shape index (κ2) is 65.1. The summed E-state index contributed by atoms with van der Waals surface area (Å²) in [6.45, 7) is 6.51. The van der Waals surface area contributed by atoms with Crippen LogP contribution in [0.3, 0.4) is 0 Å². The summed E-state index contributed by atoms with van der Waals surface area (Å²) in [5, 5.41) is 0. The summed E-state index contributed by atoms with van der Waals surface area (Å²) in [4.78, 5) is 38.3. The summed E-state index contributed by atoms with van der Waals surface area (Å²) < 4.78 is 16.9. The first-order valence-electron chi connectivity index (χ1n) is 33.1. The highest BCUT2D eigenvalue weighted by Crippen LogP contribution is 2.16. The van der Waals surface area contributed by atoms with E-state index < -0.39 is 6.10 Å². The third kappa shape index (κ3) is 63.3. The third-order valence-electron chi connectivity index (χ3n) is 14.4. The van der Waals surface area contributed by atoms with Crippen molar-refractivity contribution in [3.05, 3.63) is 85.1 Å². The monoisotopic (exact) mass is 1070 g/mol. The Morgan fingerprint density at radius 3 is 0.805 bits per heavy atom. The average molecular weight is 1070 g/mol. The van der Waals surface area contributed by atoms with Crippen LogP contribution < -0.4 is 0 Å². The Balaban J connectivity index is 4.32. The SMILES string of the molecule is CC/C=C\C/C=C\C/C=C\CCCCCC(=O)OCC(COC(=O)CCCCCCCCCCCCC/C=C\C/C=C\CCCCCCC)OC(=O)CCCCCCCCCCCCC/C=C\C/C=C\CCCCCCC. The third-order valence-corrected chi connectivity index (χ3v) is 14.4. The molecule has 0 spiro atoms. The zero-order chi connectivity index (χ0) is 55.7. The predicted octanol–water partition coefficient (Wildman–Crippen LogP) is 22.7. The van der Waals surface area contributed by atoms with Crippen LogP contribution in [0.5, 0.6) is 0 Å². The van der Waals surface area contributed by atoms with Crippen molar-refractivity contribution in [1.29, 1.82) is 0 Å². The second-order valence-electron chi connectivity index (χ2n) is 22.0. The maximum Gasteiger partial charge on any atom is 0.306 e. The quantitative estimate of drug-likeness (QED) is 0.0261. The number of hydrogen-bond donors (Lipinski definition) is 0. The normalized spacial score (nSPS) is 12.6. The molecule has 0 N–H and O–H groups in total. The number of unbranched alkanes of at least 4 members (excludes halogenated alkanes) is 35. The number of rotatable bonds is 60. The molecule has 0 rings (SSSR count). The van der Waals surface area contributed by atoms with Crippen LogP contribution in [0.15, 0.2) is 85.1 Å². The van der Waals surface area contributed by atoms with E-state index in [-0.39, 0.29) is 31.1 Å². The van der Waals surface area contributed by atoms with Crippen LogP contribution in [0.25, 0.3) is 0 Å². The summed E-state index contributed by atoms with van der Waals surface area (Å²) >= 11 is 0. The van der Waals surface area contributed by atoms with Crippen molar-refractivity contribution in [1.82, 2.24) is 0 Å². The summed E-state index contributed by atoms with van der Waals surface area (Å²) in [7, 11) is 0. The lowest BCUT2D eigenvalue weighted by molar-refractivity contribution is -0.167. The lowest BCUT2D eigenvalue weighted by Crippen LogP contribution is -2.30. The minimum absolute atomic E-state index is 0.0866. The molecular weight excluding hydrogens is 949 g/mol. The molecule has 6 nitrogen and oxygen atoms in total. The largest absolute Gasteiger partial charge is 0.462 e. The fourth-order valence-electron chi connectivity index (χ4n) is 9.40. The van der Waals surface area contributed by atoms with E-state index in [2.05, 4.69) is 106 Å². The first-order valence-corrected chi connectivity index (χ1v) is 33.1. The van der Waals surface area contributed by atoms with Crippen molar-refractivity contribution in [2.24, 2.45) is 0 Å². The smallest absolute Gasteiger partial charge is 0.306 e. The molecule has 0 saturated heterocycles. The van der Waals surface area contributed by atoms with Crippen molar-refractivity contribution in [2.75, 3.05) is 13.2 Å². The minimum Gasteiger partial charge on any atom is -0.462 e. The summed E-state index contributed by atoms with van der Waals surface area (Å²) in [6, 6.07) is 0. The first-order chi connectivity index (χ1) is 38.0. The number of ether oxygens (including phenoxy) is 3. The fraction of sp³-hybridized carbons (Fsp3) is 0.761. The van der Waals surface area contributed by atoms with E-state index in [9.17, 15) is 14.4 Å². The average Bonchev–Trinajstić information content (AvgIpc) is 3.43. The van der Waals surface area contributed by atoms with E-state index in [1.54, 1.807) is 0 Å². The van der Waals surface area contributed by atoms with Crippen molar-refractivity contribution < 1.29 is 28.6 Å². The van der Waals surface area contributed by atoms with E-state index >= 15 is 0 Å². The van der Waals surface area contributed by atoms with E-state index in [0.29, 0.717) is 19.3 Å². The number of allylic oxidation sites excluding steroid dienone is 14. The molecule has 0 amide bonds. The van der Waals surface area contributed by atoms with Gasteiger partial charge < -0.3 is 14.2 Å². The molecule has 0 radical (unpaired) electrons. The zero-order valence-electron chi connectivity index (χ0n) is 51.0. The molecule has 0 fully saturated rings. The highest BCUT2D eigenvalue weighted by molar-refractivity contribution is 5.71. The standard InChI is InChI=1S/C71H124O6/c1-4-7-10-13-16-19-22-25-27-29-31-33-35-37-39-41-43-46-49-52-55-58-61-64-70(73)76-67-68(66-75-69(72)63-60-57-54-51-48-45-24-21-18-15-12-9-6-3)77-71(74)65-62-59-56-53-50-47-44-42-40-38-36-34-32-30-28-26-23-20-17-14-11-8-5-2/h9,12,18,21-23,25-26,29-32,45,48,68H,4-8,10-11,13-17,19-20,24,27-28,33-44,46-47,49-67H2,1-3H3/b12-9-,21-18-,25-22-,26-23-,31-29-,32-30-,48-45-. The van der Waals surface area contributed by atoms with Crippen LogP contribution >= 0.6 is 0 Å².